The lowest BCUT2D eigenvalue weighted by Gasteiger charge is -2.15. The van der Waals surface area contributed by atoms with Crippen LogP contribution >= 0.6 is 0 Å². The molecule has 0 fully saturated rings. The molecule has 2 nitrogen and oxygen atoms in total. The van der Waals surface area contributed by atoms with E-state index in [0.717, 1.165) is 10.8 Å². The Bertz CT molecular complexity index is 3050. The summed E-state index contributed by atoms with van der Waals surface area (Å²) in [5.41, 5.74) is 2.55. The Labute approximate surface area is 245 Å². The number of rotatable bonds is 2. The number of furan rings is 2. The van der Waals surface area contributed by atoms with Crippen molar-refractivity contribution >= 4 is 65.4 Å². The molecule has 0 aliphatic heterocycles. The fourth-order valence-electron chi connectivity index (χ4n) is 5.83. The summed E-state index contributed by atoms with van der Waals surface area (Å²) in [6.07, 6.45) is 0. The molecule has 0 radical (unpaired) electrons. The van der Waals surface area contributed by atoms with Crippen LogP contribution in [0.25, 0.3) is 87.7 Å². The van der Waals surface area contributed by atoms with Gasteiger partial charge in [-0.1, -0.05) is 109 Å². The Morgan fingerprint density at radius 1 is 0.475 bits per heavy atom. The molecule has 2 heterocycles. The third-order valence-corrected chi connectivity index (χ3v) is 7.45. The number of fused-ring (bicyclic) bond motifs is 8. The highest BCUT2D eigenvalue weighted by Crippen LogP contribution is 2.49. The van der Waals surface area contributed by atoms with Gasteiger partial charge in [0, 0.05) is 32.7 Å². The van der Waals surface area contributed by atoms with Crippen LogP contribution in [0.1, 0.15) is 15.1 Å². The van der Waals surface area contributed by atoms with Gasteiger partial charge in [-0.25, -0.2) is 0 Å². The Morgan fingerprint density at radius 3 is 2.10 bits per heavy atom. The summed E-state index contributed by atoms with van der Waals surface area (Å²) in [5, 5.41) is 2.37. The van der Waals surface area contributed by atoms with Crippen molar-refractivity contribution in [2.45, 2.75) is 0 Å². The monoisotopic (exact) mass is 521 g/mol. The SMILES string of the molecule is [2H]c1c([2H])c([2H])c2c(oc3c(-c4cccc5oc6ccccc6c45)c4ccccc4c(-c4c([2H])c([2H])c5c([2H])c([2H])c([2H])c([2H])c5c4[2H])c32)c1[2H]. The van der Waals surface area contributed by atoms with Crippen LogP contribution in [-0.4, -0.2) is 0 Å². The first-order chi connectivity index (χ1) is 24.4. The zero-order valence-corrected chi connectivity index (χ0v) is 20.7. The maximum atomic E-state index is 9.45. The van der Waals surface area contributed by atoms with Crippen molar-refractivity contribution in [3.05, 3.63) is 133 Å². The highest BCUT2D eigenvalue weighted by atomic mass is 16.3. The average Bonchev–Trinajstić information content (AvgIpc) is 3.72. The largest absolute Gasteiger partial charge is 0.456 e. The van der Waals surface area contributed by atoms with E-state index in [4.69, 9.17) is 21.2 Å². The lowest BCUT2D eigenvalue weighted by atomic mass is 9.86. The molecule has 7 aromatic carbocycles. The molecule has 0 aliphatic carbocycles. The molecule has 0 aliphatic rings. The first-order valence-corrected chi connectivity index (χ1v) is 12.7. The van der Waals surface area contributed by atoms with E-state index < -0.39 is 66.5 Å². The van der Waals surface area contributed by atoms with Crippen molar-refractivity contribution in [2.24, 2.45) is 0 Å². The van der Waals surface area contributed by atoms with Crippen LogP contribution in [0.5, 0.6) is 0 Å². The van der Waals surface area contributed by atoms with E-state index >= 15 is 0 Å². The van der Waals surface area contributed by atoms with Crippen molar-refractivity contribution in [3.8, 4) is 22.3 Å². The zero-order valence-electron chi connectivity index (χ0n) is 31.7. The fourth-order valence-corrected chi connectivity index (χ4v) is 5.83. The lowest BCUT2D eigenvalue weighted by molar-refractivity contribution is 0.669. The zero-order chi connectivity index (χ0) is 35.8. The normalized spacial score (nSPS) is 15.8. The predicted octanol–water partition coefficient (Wildman–Crippen LogP) is 11.1. The molecule has 2 heteroatoms. The first kappa shape index (κ1) is 13.6. The van der Waals surface area contributed by atoms with E-state index in [2.05, 4.69) is 0 Å². The maximum absolute atomic E-state index is 9.45. The Balaban J connectivity index is 1.59. The molecule has 186 valence electrons. The molecule has 40 heavy (non-hydrogen) atoms. The van der Waals surface area contributed by atoms with Crippen LogP contribution in [0.3, 0.4) is 0 Å². The van der Waals surface area contributed by atoms with Gasteiger partial charge in [0.05, 0.1) is 15.1 Å². The number of para-hydroxylation sites is 2. The highest BCUT2D eigenvalue weighted by Gasteiger charge is 2.24. The van der Waals surface area contributed by atoms with Gasteiger partial charge in [-0.3, -0.25) is 0 Å². The second-order valence-corrected chi connectivity index (χ2v) is 9.58. The summed E-state index contributed by atoms with van der Waals surface area (Å²) in [6.45, 7) is 0. The van der Waals surface area contributed by atoms with Crippen molar-refractivity contribution in [2.75, 3.05) is 0 Å². The summed E-state index contributed by atoms with van der Waals surface area (Å²) >= 11 is 0. The number of benzene rings is 7. The van der Waals surface area contributed by atoms with E-state index in [-0.39, 0.29) is 43.8 Å². The van der Waals surface area contributed by atoms with Gasteiger partial charge >= 0.3 is 0 Å². The molecule has 0 spiro atoms. The molecule has 9 aromatic rings. The lowest BCUT2D eigenvalue weighted by Crippen LogP contribution is -1.90. The smallest absolute Gasteiger partial charge is 0.144 e. The predicted molar refractivity (Wildman–Crippen MR) is 167 cm³/mol. The quantitative estimate of drug-likeness (QED) is 0.226. The van der Waals surface area contributed by atoms with Gasteiger partial charge in [0.2, 0.25) is 0 Å². The minimum Gasteiger partial charge on any atom is -0.456 e. The molecular formula is C38H22O2. The second-order valence-electron chi connectivity index (χ2n) is 9.58. The minimum atomic E-state index is -0.585. The van der Waals surface area contributed by atoms with Crippen LogP contribution in [0, 0.1) is 0 Å². The van der Waals surface area contributed by atoms with Crippen molar-refractivity contribution in [3.63, 3.8) is 0 Å². The van der Waals surface area contributed by atoms with E-state index in [1.807, 2.05) is 54.6 Å². The van der Waals surface area contributed by atoms with Crippen LogP contribution in [0.2, 0.25) is 0 Å². The third kappa shape index (κ3) is 2.93. The van der Waals surface area contributed by atoms with Crippen molar-refractivity contribution in [1.82, 2.24) is 0 Å². The topological polar surface area (TPSA) is 26.3 Å². The average molecular weight is 522 g/mol. The van der Waals surface area contributed by atoms with Gasteiger partial charge in [-0.05, 0) is 56.9 Å². The van der Waals surface area contributed by atoms with Crippen molar-refractivity contribution in [1.29, 1.82) is 0 Å². The molecule has 2 aromatic heterocycles. The van der Waals surface area contributed by atoms with Gasteiger partial charge in [-0.15, -0.1) is 0 Å². The van der Waals surface area contributed by atoms with Gasteiger partial charge in [0.25, 0.3) is 0 Å². The number of hydrogen-bond acceptors (Lipinski definition) is 2. The summed E-state index contributed by atoms with van der Waals surface area (Å²) in [5.74, 6) is 0. The summed E-state index contributed by atoms with van der Waals surface area (Å²) in [7, 11) is 0. The molecule has 0 unspecified atom stereocenters. The van der Waals surface area contributed by atoms with Crippen LogP contribution in [0.15, 0.2) is 142 Å². The highest BCUT2D eigenvalue weighted by molar-refractivity contribution is 6.29. The maximum Gasteiger partial charge on any atom is 0.144 e. The van der Waals surface area contributed by atoms with Crippen molar-refractivity contribution < 1.29 is 23.9 Å². The van der Waals surface area contributed by atoms with E-state index in [1.165, 1.54) is 0 Å². The molecule has 0 bridgehead atoms. The molecule has 9 rings (SSSR count). The Hall–Kier alpha value is -5.34. The summed E-state index contributed by atoms with van der Waals surface area (Å²) in [4.78, 5) is 0. The Morgan fingerprint density at radius 2 is 1.20 bits per heavy atom. The van der Waals surface area contributed by atoms with Crippen LogP contribution in [-0.2, 0) is 0 Å². The van der Waals surface area contributed by atoms with Crippen LogP contribution < -0.4 is 0 Å². The van der Waals surface area contributed by atoms with Crippen LogP contribution in [0.4, 0.5) is 0 Å². The van der Waals surface area contributed by atoms with Gasteiger partial charge < -0.3 is 8.83 Å². The van der Waals surface area contributed by atoms with Gasteiger partial charge in [0.1, 0.15) is 22.3 Å². The molecule has 0 atom stereocenters. The van der Waals surface area contributed by atoms with E-state index in [0.29, 0.717) is 33.1 Å². The van der Waals surface area contributed by atoms with E-state index in [1.54, 1.807) is 12.1 Å². The molecule has 0 amide bonds. The van der Waals surface area contributed by atoms with E-state index in [9.17, 15) is 2.74 Å². The second kappa shape index (κ2) is 8.08. The molecule has 0 saturated heterocycles. The minimum absolute atomic E-state index is 0.0163. The first-order valence-electron chi connectivity index (χ1n) is 18.2. The Kier molecular flexibility index (Phi) is 2.75. The summed E-state index contributed by atoms with van der Waals surface area (Å²) < 4.78 is 109. The number of hydrogen-bond donors (Lipinski definition) is 0. The molecular weight excluding hydrogens is 488 g/mol. The van der Waals surface area contributed by atoms with Gasteiger partial charge in [-0.2, -0.15) is 0 Å². The molecule has 0 N–H and O–H groups in total. The fraction of sp³-hybridized carbons (Fsp3) is 0. The standard InChI is InChI=1S/C38H22O2/c1-2-11-24-22-25(21-20-23(24)10-1)34-26-12-3-4-13-27(26)36(38-37(34)29-15-6-8-18-32(29)40-38)30-16-9-19-33-35(30)28-14-5-7-17-31(28)39-33/h1-22H/i1D,2D,6D,8D,10D,11D,15D,18D,20D,21D,22D. The summed E-state index contributed by atoms with van der Waals surface area (Å²) in [6, 6.07) is 14.9. The van der Waals surface area contributed by atoms with Gasteiger partial charge in [0.15, 0.2) is 0 Å². The third-order valence-electron chi connectivity index (χ3n) is 7.45. The molecule has 0 saturated carbocycles.